The Balaban J connectivity index is 1.78. The largest absolute Gasteiger partial charge is 0.489 e. The van der Waals surface area contributed by atoms with E-state index in [-0.39, 0.29) is 17.2 Å². The Hall–Kier alpha value is -2.96. The molecule has 0 unspecified atom stereocenters. The standard InChI is InChI=1S/C19H17F2NO4/c20-19(21)26-16-9-7-12(10-17(16)25-11-13-4-5-13)6-8-14-2-1-3-15(22-14)18(23)24/h1-3,6-10,13,19H,4-5,11H2,(H,23,24)/b8-6+. The van der Waals surface area contributed by atoms with E-state index < -0.39 is 12.6 Å². The summed E-state index contributed by atoms with van der Waals surface area (Å²) in [6.07, 6.45) is 5.50. The van der Waals surface area contributed by atoms with Gasteiger partial charge in [-0.05, 0) is 54.7 Å². The van der Waals surface area contributed by atoms with Crippen molar-refractivity contribution in [3.63, 3.8) is 0 Å². The van der Waals surface area contributed by atoms with Crippen molar-refractivity contribution in [2.45, 2.75) is 19.5 Å². The second-order valence-electron chi connectivity index (χ2n) is 5.93. The molecule has 0 aliphatic heterocycles. The summed E-state index contributed by atoms with van der Waals surface area (Å²) in [6.45, 7) is -2.46. The van der Waals surface area contributed by atoms with E-state index in [9.17, 15) is 13.6 Å². The van der Waals surface area contributed by atoms with Gasteiger partial charge in [0.25, 0.3) is 0 Å². The van der Waals surface area contributed by atoms with Gasteiger partial charge in [0.05, 0.1) is 12.3 Å². The Morgan fingerprint density at radius 1 is 1.23 bits per heavy atom. The van der Waals surface area contributed by atoms with Gasteiger partial charge in [0.1, 0.15) is 5.69 Å². The summed E-state index contributed by atoms with van der Waals surface area (Å²) in [5.41, 5.74) is 1.11. The van der Waals surface area contributed by atoms with E-state index in [2.05, 4.69) is 9.72 Å². The smallest absolute Gasteiger partial charge is 0.387 e. The molecule has 1 fully saturated rings. The Morgan fingerprint density at radius 3 is 2.73 bits per heavy atom. The molecule has 0 bridgehead atoms. The number of halogens is 2. The van der Waals surface area contributed by atoms with Crippen molar-refractivity contribution in [1.82, 2.24) is 4.98 Å². The quantitative estimate of drug-likeness (QED) is 0.757. The molecule has 0 spiro atoms. The SMILES string of the molecule is O=C(O)c1cccc(/C=C/c2ccc(OC(F)F)c(OCC3CC3)c2)n1. The number of ether oxygens (including phenoxy) is 2. The van der Waals surface area contributed by atoms with Gasteiger partial charge in [0, 0.05) is 0 Å². The number of aromatic carboxylic acids is 1. The van der Waals surface area contributed by atoms with E-state index in [0.29, 0.717) is 23.8 Å². The molecule has 7 heteroatoms. The summed E-state index contributed by atoms with van der Waals surface area (Å²) < 4.78 is 35.2. The molecule has 26 heavy (non-hydrogen) atoms. The van der Waals surface area contributed by atoms with E-state index >= 15 is 0 Å². The minimum Gasteiger partial charge on any atom is -0.489 e. The fourth-order valence-corrected chi connectivity index (χ4v) is 2.27. The molecular formula is C19H17F2NO4. The monoisotopic (exact) mass is 361 g/mol. The van der Waals surface area contributed by atoms with Crippen LogP contribution in [0.1, 0.15) is 34.6 Å². The average molecular weight is 361 g/mol. The van der Waals surface area contributed by atoms with Crippen LogP contribution < -0.4 is 9.47 Å². The van der Waals surface area contributed by atoms with Crippen LogP contribution in [0.3, 0.4) is 0 Å². The normalized spacial score (nSPS) is 14.0. The van der Waals surface area contributed by atoms with Crippen LogP contribution in [0.5, 0.6) is 11.5 Å². The summed E-state index contributed by atoms with van der Waals surface area (Å²) >= 11 is 0. The Labute approximate surface area is 148 Å². The van der Waals surface area contributed by atoms with Gasteiger partial charge in [-0.15, -0.1) is 0 Å². The molecule has 1 saturated carbocycles. The number of aromatic nitrogens is 1. The molecule has 1 heterocycles. The van der Waals surface area contributed by atoms with Crippen LogP contribution in [0, 0.1) is 5.92 Å². The molecule has 1 N–H and O–H groups in total. The third kappa shape index (κ3) is 5.02. The van der Waals surface area contributed by atoms with Gasteiger partial charge >= 0.3 is 12.6 Å². The number of hydrogen-bond acceptors (Lipinski definition) is 4. The zero-order valence-electron chi connectivity index (χ0n) is 13.8. The minimum atomic E-state index is -2.93. The van der Waals surface area contributed by atoms with Crippen molar-refractivity contribution >= 4 is 18.1 Å². The molecule has 3 rings (SSSR count). The number of carboxylic acids is 1. The first-order chi connectivity index (χ1) is 12.5. The molecule has 0 radical (unpaired) electrons. The topological polar surface area (TPSA) is 68.7 Å². The van der Waals surface area contributed by atoms with E-state index in [4.69, 9.17) is 9.84 Å². The van der Waals surface area contributed by atoms with E-state index in [1.165, 1.54) is 12.1 Å². The van der Waals surface area contributed by atoms with Crippen molar-refractivity contribution in [3.05, 3.63) is 53.3 Å². The van der Waals surface area contributed by atoms with Crippen LogP contribution in [0.25, 0.3) is 12.2 Å². The summed E-state index contributed by atoms with van der Waals surface area (Å²) in [4.78, 5) is 14.9. The molecule has 1 aliphatic carbocycles. The van der Waals surface area contributed by atoms with Crippen molar-refractivity contribution in [3.8, 4) is 11.5 Å². The number of alkyl halides is 2. The molecule has 0 amide bonds. The summed E-state index contributed by atoms with van der Waals surface area (Å²) in [5, 5.41) is 8.96. The molecular weight excluding hydrogens is 344 g/mol. The summed E-state index contributed by atoms with van der Waals surface area (Å²) in [6, 6.07) is 9.31. The van der Waals surface area contributed by atoms with Crippen molar-refractivity contribution < 1.29 is 28.2 Å². The lowest BCUT2D eigenvalue weighted by atomic mass is 10.1. The van der Waals surface area contributed by atoms with E-state index in [0.717, 1.165) is 12.8 Å². The van der Waals surface area contributed by atoms with Crippen LogP contribution in [-0.4, -0.2) is 29.3 Å². The van der Waals surface area contributed by atoms with E-state index in [1.807, 2.05) is 0 Å². The lowest BCUT2D eigenvalue weighted by molar-refractivity contribution is -0.0515. The van der Waals surface area contributed by atoms with Gasteiger partial charge in [-0.3, -0.25) is 0 Å². The summed E-state index contributed by atoms with van der Waals surface area (Å²) in [5.74, 6) is -0.392. The number of carboxylic acid groups (broad SMARTS) is 1. The van der Waals surface area contributed by atoms with Crippen molar-refractivity contribution in [1.29, 1.82) is 0 Å². The highest BCUT2D eigenvalue weighted by atomic mass is 19.3. The number of carbonyl (C=O) groups is 1. The first kappa shape index (κ1) is 17.8. The van der Waals surface area contributed by atoms with Gasteiger partial charge in [-0.1, -0.05) is 18.2 Å². The predicted octanol–water partition coefficient (Wildman–Crippen LogP) is 4.34. The second kappa shape index (κ2) is 7.95. The van der Waals surface area contributed by atoms with Crippen LogP contribution in [-0.2, 0) is 0 Å². The second-order valence-corrected chi connectivity index (χ2v) is 5.93. The fourth-order valence-electron chi connectivity index (χ4n) is 2.27. The number of benzene rings is 1. The maximum absolute atomic E-state index is 12.5. The maximum atomic E-state index is 12.5. The lowest BCUT2D eigenvalue weighted by Crippen LogP contribution is -2.06. The molecule has 2 aromatic rings. The Kier molecular flexibility index (Phi) is 5.46. The Bertz CT molecular complexity index is 819. The minimum absolute atomic E-state index is 0.0104. The highest BCUT2D eigenvalue weighted by Crippen LogP contribution is 2.34. The average Bonchev–Trinajstić information content (AvgIpc) is 3.44. The molecule has 0 atom stereocenters. The molecule has 0 saturated heterocycles. The molecule has 1 aromatic heterocycles. The molecule has 5 nitrogen and oxygen atoms in total. The number of hydrogen-bond donors (Lipinski definition) is 1. The van der Waals surface area contributed by atoms with Crippen LogP contribution in [0.2, 0.25) is 0 Å². The first-order valence-corrected chi connectivity index (χ1v) is 8.11. The number of rotatable bonds is 8. The zero-order chi connectivity index (χ0) is 18.5. The number of pyridine rings is 1. The van der Waals surface area contributed by atoms with Crippen LogP contribution in [0.4, 0.5) is 8.78 Å². The highest BCUT2D eigenvalue weighted by molar-refractivity contribution is 5.85. The first-order valence-electron chi connectivity index (χ1n) is 8.11. The van der Waals surface area contributed by atoms with Gasteiger partial charge in [-0.2, -0.15) is 8.78 Å². The predicted molar refractivity (Wildman–Crippen MR) is 91.4 cm³/mol. The van der Waals surface area contributed by atoms with Gasteiger partial charge in [-0.25, -0.2) is 9.78 Å². The summed E-state index contributed by atoms with van der Waals surface area (Å²) in [7, 11) is 0. The molecule has 1 aliphatic rings. The molecule has 136 valence electrons. The van der Waals surface area contributed by atoms with Crippen LogP contribution in [0.15, 0.2) is 36.4 Å². The van der Waals surface area contributed by atoms with Gasteiger partial charge in [0.2, 0.25) is 0 Å². The zero-order valence-corrected chi connectivity index (χ0v) is 13.8. The third-order valence-electron chi connectivity index (χ3n) is 3.79. The fraction of sp³-hybridized carbons (Fsp3) is 0.263. The number of nitrogens with zero attached hydrogens (tertiary/aromatic N) is 1. The lowest BCUT2D eigenvalue weighted by Gasteiger charge is -2.12. The van der Waals surface area contributed by atoms with Crippen LogP contribution >= 0.6 is 0 Å². The van der Waals surface area contributed by atoms with Crippen molar-refractivity contribution in [2.24, 2.45) is 5.92 Å². The van der Waals surface area contributed by atoms with Gasteiger partial charge in [0.15, 0.2) is 11.5 Å². The van der Waals surface area contributed by atoms with E-state index in [1.54, 1.807) is 36.4 Å². The highest BCUT2D eigenvalue weighted by Gasteiger charge is 2.23. The Morgan fingerprint density at radius 2 is 2.04 bits per heavy atom. The third-order valence-corrected chi connectivity index (χ3v) is 3.79. The maximum Gasteiger partial charge on any atom is 0.387 e. The van der Waals surface area contributed by atoms with Crippen molar-refractivity contribution in [2.75, 3.05) is 6.61 Å². The van der Waals surface area contributed by atoms with Gasteiger partial charge < -0.3 is 14.6 Å². The molecule has 1 aromatic carbocycles.